The van der Waals surface area contributed by atoms with Gasteiger partial charge in [0.15, 0.2) is 5.82 Å². The SMILES string of the molecule is Nn1c(-c2ccccc2)nc2c(Br)cc(Br)cc2c1=O. The topological polar surface area (TPSA) is 60.9 Å². The summed E-state index contributed by atoms with van der Waals surface area (Å²) in [6.07, 6.45) is 0. The van der Waals surface area contributed by atoms with E-state index in [1.54, 1.807) is 6.07 Å². The normalized spacial score (nSPS) is 10.9. The maximum atomic E-state index is 12.4. The van der Waals surface area contributed by atoms with Crippen LogP contribution in [0.5, 0.6) is 0 Å². The Morgan fingerprint density at radius 3 is 2.50 bits per heavy atom. The molecule has 1 heterocycles. The van der Waals surface area contributed by atoms with E-state index in [-0.39, 0.29) is 5.56 Å². The second-order valence-electron chi connectivity index (χ2n) is 4.26. The average Bonchev–Trinajstić information content (AvgIpc) is 2.44. The molecule has 0 radical (unpaired) electrons. The average molecular weight is 395 g/mol. The summed E-state index contributed by atoms with van der Waals surface area (Å²) in [5.74, 6) is 6.33. The van der Waals surface area contributed by atoms with Gasteiger partial charge in [0.2, 0.25) is 0 Å². The number of aromatic nitrogens is 2. The van der Waals surface area contributed by atoms with E-state index >= 15 is 0 Å². The van der Waals surface area contributed by atoms with Crippen LogP contribution < -0.4 is 11.4 Å². The maximum absolute atomic E-state index is 12.4. The van der Waals surface area contributed by atoms with Gasteiger partial charge < -0.3 is 5.84 Å². The van der Waals surface area contributed by atoms with Crippen LogP contribution in [-0.4, -0.2) is 9.66 Å². The van der Waals surface area contributed by atoms with Crippen LogP contribution in [0, 0.1) is 0 Å². The second kappa shape index (κ2) is 5.03. The number of hydrogen-bond donors (Lipinski definition) is 1. The predicted octanol–water partition coefficient (Wildman–Crippen LogP) is 3.30. The van der Waals surface area contributed by atoms with Gasteiger partial charge in [-0.25, -0.2) is 9.66 Å². The van der Waals surface area contributed by atoms with Crippen LogP contribution in [0.2, 0.25) is 0 Å². The van der Waals surface area contributed by atoms with Crippen LogP contribution in [0.25, 0.3) is 22.3 Å². The molecule has 20 heavy (non-hydrogen) atoms. The molecule has 0 aliphatic rings. The van der Waals surface area contributed by atoms with E-state index in [1.807, 2.05) is 36.4 Å². The van der Waals surface area contributed by atoms with Crippen LogP contribution in [0.3, 0.4) is 0 Å². The molecular formula is C14H9Br2N3O. The predicted molar refractivity (Wildman–Crippen MR) is 87.0 cm³/mol. The summed E-state index contributed by atoms with van der Waals surface area (Å²) < 4.78 is 2.62. The van der Waals surface area contributed by atoms with Gasteiger partial charge in [0.25, 0.3) is 5.56 Å². The van der Waals surface area contributed by atoms with Gasteiger partial charge in [-0.2, -0.15) is 0 Å². The zero-order valence-electron chi connectivity index (χ0n) is 10.2. The minimum Gasteiger partial charge on any atom is -0.334 e. The Labute approximate surface area is 131 Å². The first-order valence-corrected chi connectivity index (χ1v) is 7.39. The van der Waals surface area contributed by atoms with Gasteiger partial charge in [0.05, 0.1) is 10.9 Å². The number of fused-ring (bicyclic) bond motifs is 1. The van der Waals surface area contributed by atoms with Crippen molar-refractivity contribution in [1.82, 2.24) is 9.66 Å². The molecule has 6 heteroatoms. The highest BCUT2D eigenvalue weighted by Crippen LogP contribution is 2.27. The zero-order valence-corrected chi connectivity index (χ0v) is 13.3. The maximum Gasteiger partial charge on any atom is 0.280 e. The van der Waals surface area contributed by atoms with Crippen molar-refractivity contribution in [2.24, 2.45) is 0 Å². The first kappa shape index (κ1) is 13.3. The first-order chi connectivity index (χ1) is 9.58. The van der Waals surface area contributed by atoms with E-state index < -0.39 is 0 Å². The summed E-state index contributed by atoms with van der Waals surface area (Å²) >= 11 is 6.79. The van der Waals surface area contributed by atoms with Crippen LogP contribution >= 0.6 is 31.9 Å². The van der Waals surface area contributed by atoms with E-state index in [2.05, 4.69) is 36.8 Å². The molecule has 0 saturated heterocycles. The fourth-order valence-corrected chi connectivity index (χ4v) is 3.33. The molecule has 2 aromatic carbocycles. The Morgan fingerprint density at radius 1 is 1.10 bits per heavy atom. The standard InChI is InChI=1S/C14H9Br2N3O/c15-9-6-10-12(11(16)7-9)18-13(19(17)14(10)20)8-4-2-1-3-5-8/h1-7H,17H2. The number of nitrogen functional groups attached to an aromatic ring is 1. The Kier molecular flexibility index (Phi) is 3.35. The minimum atomic E-state index is -0.282. The zero-order chi connectivity index (χ0) is 14.3. The summed E-state index contributed by atoms with van der Waals surface area (Å²) in [4.78, 5) is 16.9. The Balaban J connectivity index is 2.42. The Morgan fingerprint density at radius 2 is 1.80 bits per heavy atom. The van der Waals surface area contributed by atoms with Gasteiger partial charge in [0, 0.05) is 14.5 Å². The first-order valence-electron chi connectivity index (χ1n) is 5.80. The second-order valence-corrected chi connectivity index (χ2v) is 6.03. The van der Waals surface area contributed by atoms with Gasteiger partial charge >= 0.3 is 0 Å². The van der Waals surface area contributed by atoms with Crippen molar-refractivity contribution in [3.05, 3.63) is 61.8 Å². The number of hydrogen-bond acceptors (Lipinski definition) is 3. The highest BCUT2D eigenvalue weighted by atomic mass is 79.9. The largest absolute Gasteiger partial charge is 0.334 e. The van der Waals surface area contributed by atoms with E-state index in [0.717, 1.165) is 19.2 Å². The molecule has 3 rings (SSSR count). The highest BCUT2D eigenvalue weighted by Gasteiger charge is 2.13. The molecule has 0 saturated carbocycles. The van der Waals surface area contributed by atoms with Gasteiger partial charge in [-0.1, -0.05) is 46.3 Å². The summed E-state index contributed by atoms with van der Waals surface area (Å²) in [5.41, 5.74) is 1.11. The third-order valence-electron chi connectivity index (χ3n) is 2.96. The molecule has 0 aliphatic carbocycles. The fraction of sp³-hybridized carbons (Fsp3) is 0. The third kappa shape index (κ3) is 2.14. The van der Waals surface area contributed by atoms with Crippen molar-refractivity contribution < 1.29 is 0 Å². The molecule has 100 valence electrons. The van der Waals surface area contributed by atoms with Gasteiger partial charge in [0.1, 0.15) is 0 Å². The molecule has 3 aromatic rings. The highest BCUT2D eigenvalue weighted by molar-refractivity contribution is 9.11. The van der Waals surface area contributed by atoms with E-state index in [1.165, 1.54) is 0 Å². The van der Waals surface area contributed by atoms with Crippen molar-refractivity contribution in [3.63, 3.8) is 0 Å². The molecular weight excluding hydrogens is 386 g/mol. The molecule has 0 unspecified atom stereocenters. The van der Waals surface area contributed by atoms with Crippen LogP contribution in [0.15, 0.2) is 56.2 Å². The van der Waals surface area contributed by atoms with Crippen LogP contribution in [-0.2, 0) is 0 Å². The van der Waals surface area contributed by atoms with Gasteiger partial charge in [-0.05, 0) is 28.1 Å². The molecule has 0 atom stereocenters. The number of nitrogens with zero attached hydrogens (tertiary/aromatic N) is 2. The van der Waals surface area contributed by atoms with Crippen molar-refractivity contribution in [3.8, 4) is 11.4 Å². The lowest BCUT2D eigenvalue weighted by Crippen LogP contribution is -2.30. The van der Waals surface area contributed by atoms with Gasteiger partial charge in [-0.3, -0.25) is 4.79 Å². The molecule has 0 amide bonds. The summed E-state index contributed by atoms with van der Waals surface area (Å²) in [7, 11) is 0. The Bertz CT molecular complexity index is 860. The van der Waals surface area contributed by atoms with Crippen LogP contribution in [0.4, 0.5) is 0 Å². The fourth-order valence-electron chi connectivity index (χ4n) is 2.02. The lowest BCUT2D eigenvalue weighted by molar-refractivity contribution is 0.926. The number of nitrogens with two attached hydrogens (primary N) is 1. The number of halogens is 2. The third-order valence-corrected chi connectivity index (χ3v) is 4.02. The molecule has 1 aromatic heterocycles. The van der Waals surface area contributed by atoms with E-state index in [9.17, 15) is 4.79 Å². The molecule has 0 fully saturated rings. The van der Waals surface area contributed by atoms with Crippen molar-refractivity contribution in [1.29, 1.82) is 0 Å². The summed E-state index contributed by atoms with van der Waals surface area (Å²) in [6.45, 7) is 0. The lowest BCUT2D eigenvalue weighted by atomic mass is 10.2. The summed E-state index contributed by atoms with van der Waals surface area (Å²) in [5, 5.41) is 0.466. The molecule has 4 nitrogen and oxygen atoms in total. The van der Waals surface area contributed by atoms with Crippen molar-refractivity contribution >= 4 is 42.8 Å². The number of rotatable bonds is 1. The number of benzene rings is 2. The lowest BCUT2D eigenvalue weighted by Gasteiger charge is -2.10. The van der Waals surface area contributed by atoms with E-state index in [0.29, 0.717) is 16.7 Å². The smallest absolute Gasteiger partial charge is 0.280 e. The quantitative estimate of drug-likeness (QED) is 0.644. The van der Waals surface area contributed by atoms with Crippen molar-refractivity contribution in [2.75, 3.05) is 5.84 Å². The molecule has 0 aliphatic heterocycles. The van der Waals surface area contributed by atoms with E-state index in [4.69, 9.17) is 5.84 Å². The van der Waals surface area contributed by atoms with Gasteiger partial charge in [-0.15, -0.1) is 0 Å². The molecule has 0 bridgehead atoms. The summed E-state index contributed by atoms with van der Waals surface area (Å²) in [6, 6.07) is 13.0. The van der Waals surface area contributed by atoms with Crippen LogP contribution in [0.1, 0.15) is 0 Å². The molecule has 2 N–H and O–H groups in total. The minimum absolute atomic E-state index is 0.282. The van der Waals surface area contributed by atoms with Crippen molar-refractivity contribution in [2.45, 2.75) is 0 Å². The Hall–Kier alpha value is -1.66. The molecule has 0 spiro atoms. The monoisotopic (exact) mass is 393 g/mol.